The molecule has 6 nitrogen and oxygen atoms in total. The summed E-state index contributed by atoms with van der Waals surface area (Å²) in [6.45, 7) is 1.63. The van der Waals surface area contributed by atoms with Crippen molar-refractivity contribution in [3.8, 4) is 0 Å². The van der Waals surface area contributed by atoms with Crippen LogP contribution in [0.3, 0.4) is 0 Å². The highest BCUT2D eigenvalue weighted by Crippen LogP contribution is 2.22. The van der Waals surface area contributed by atoms with Crippen LogP contribution >= 0.6 is 0 Å². The average molecular weight is 365 g/mol. The van der Waals surface area contributed by atoms with Crippen molar-refractivity contribution in [3.05, 3.63) is 29.8 Å². The van der Waals surface area contributed by atoms with Crippen molar-refractivity contribution < 1.29 is 13.2 Å². The van der Waals surface area contributed by atoms with Crippen LogP contribution in [0.1, 0.15) is 37.7 Å². The molecule has 1 heterocycles. The Morgan fingerprint density at radius 1 is 1.08 bits per heavy atom. The number of nitrogens with zero attached hydrogens (tertiary/aromatic N) is 1. The zero-order chi connectivity index (χ0) is 17.9. The Balaban J connectivity index is 1.49. The van der Waals surface area contributed by atoms with Gasteiger partial charge in [-0.05, 0) is 56.8 Å². The zero-order valence-corrected chi connectivity index (χ0v) is 15.5. The molecule has 1 aliphatic heterocycles. The number of benzene rings is 1. The summed E-state index contributed by atoms with van der Waals surface area (Å²) in [7, 11) is -1.44. The van der Waals surface area contributed by atoms with E-state index in [-0.39, 0.29) is 11.9 Å². The van der Waals surface area contributed by atoms with E-state index in [1.807, 2.05) is 24.1 Å². The van der Waals surface area contributed by atoms with Crippen molar-refractivity contribution in [2.75, 3.05) is 20.1 Å². The molecule has 0 spiro atoms. The largest absolute Gasteiger partial charge is 0.343 e. The Hall–Kier alpha value is -1.44. The van der Waals surface area contributed by atoms with Crippen molar-refractivity contribution in [2.45, 2.75) is 55.5 Å². The fraction of sp³-hybridized carbons (Fsp3) is 0.611. The number of likely N-dealkylation sites (tertiary alicyclic amines) is 1. The lowest BCUT2D eigenvalue weighted by Gasteiger charge is -2.31. The first-order valence-corrected chi connectivity index (χ1v) is 10.5. The summed E-state index contributed by atoms with van der Waals surface area (Å²) in [6.07, 6.45) is 4.96. The van der Waals surface area contributed by atoms with Crippen LogP contribution in [-0.2, 0) is 21.2 Å². The lowest BCUT2D eigenvalue weighted by molar-refractivity contribution is -0.132. The standard InChI is InChI=1S/C18H27N3O3S/c1-19-15-10-12-21(13-11-15)18(22)9-4-14-2-7-17(8-3-14)25(23,24)20-16-5-6-16/h2-3,7-8,15-16,19-20H,4-6,9-13H2,1H3. The normalized spacial score (nSPS) is 19.2. The van der Waals surface area contributed by atoms with Gasteiger partial charge in [-0.25, -0.2) is 13.1 Å². The molecule has 1 amide bonds. The first-order chi connectivity index (χ1) is 12.0. The summed E-state index contributed by atoms with van der Waals surface area (Å²) in [5.41, 5.74) is 0.990. The molecular weight excluding hydrogens is 338 g/mol. The third kappa shape index (κ3) is 5.03. The summed E-state index contributed by atoms with van der Waals surface area (Å²) < 4.78 is 27.0. The number of aryl methyl sites for hydroxylation is 1. The lowest BCUT2D eigenvalue weighted by Crippen LogP contribution is -2.44. The first kappa shape index (κ1) is 18.4. The topological polar surface area (TPSA) is 78.5 Å². The van der Waals surface area contributed by atoms with Gasteiger partial charge < -0.3 is 10.2 Å². The van der Waals surface area contributed by atoms with Crippen LogP contribution in [0.15, 0.2) is 29.2 Å². The monoisotopic (exact) mass is 365 g/mol. The number of hydrogen-bond donors (Lipinski definition) is 2. The van der Waals surface area contributed by atoms with Crippen LogP contribution in [0.5, 0.6) is 0 Å². The maximum absolute atomic E-state index is 12.3. The smallest absolute Gasteiger partial charge is 0.240 e. The predicted octanol–water partition coefficient (Wildman–Crippen LogP) is 1.27. The molecule has 0 unspecified atom stereocenters. The SMILES string of the molecule is CNC1CCN(C(=O)CCc2ccc(S(=O)(=O)NC3CC3)cc2)CC1. The Morgan fingerprint density at radius 3 is 2.28 bits per heavy atom. The van der Waals surface area contributed by atoms with E-state index in [0.29, 0.717) is 23.8 Å². The molecule has 138 valence electrons. The van der Waals surface area contributed by atoms with Gasteiger partial charge in [-0.2, -0.15) is 0 Å². The van der Waals surface area contributed by atoms with E-state index < -0.39 is 10.0 Å². The van der Waals surface area contributed by atoms with Crippen LogP contribution in [-0.4, -0.2) is 51.4 Å². The Morgan fingerprint density at radius 2 is 1.72 bits per heavy atom. The third-order valence-corrected chi connectivity index (χ3v) is 6.55. The highest BCUT2D eigenvalue weighted by Gasteiger charge is 2.28. The van der Waals surface area contributed by atoms with E-state index in [1.165, 1.54) is 0 Å². The predicted molar refractivity (Wildman–Crippen MR) is 96.8 cm³/mol. The minimum Gasteiger partial charge on any atom is -0.343 e. The summed E-state index contributed by atoms with van der Waals surface area (Å²) in [5.74, 6) is 0.182. The third-order valence-electron chi connectivity index (χ3n) is 5.02. The summed E-state index contributed by atoms with van der Waals surface area (Å²) in [6, 6.07) is 7.49. The zero-order valence-electron chi connectivity index (χ0n) is 14.7. The van der Waals surface area contributed by atoms with E-state index in [1.54, 1.807) is 12.1 Å². The molecule has 2 aliphatic rings. The second kappa shape index (κ2) is 7.85. The van der Waals surface area contributed by atoms with Gasteiger partial charge in [0.1, 0.15) is 0 Å². The number of amides is 1. The van der Waals surface area contributed by atoms with E-state index in [4.69, 9.17) is 0 Å². The number of rotatable bonds is 7. The molecule has 2 fully saturated rings. The highest BCUT2D eigenvalue weighted by atomic mass is 32.2. The minimum absolute atomic E-state index is 0.106. The van der Waals surface area contributed by atoms with Crippen LogP contribution in [0.4, 0.5) is 0 Å². The van der Waals surface area contributed by atoms with Gasteiger partial charge in [0.2, 0.25) is 15.9 Å². The average Bonchev–Trinajstić information content (AvgIpc) is 3.43. The fourth-order valence-corrected chi connectivity index (χ4v) is 4.46. The van der Waals surface area contributed by atoms with Crippen LogP contribution in [0.25, 0.3) is 0 Å². The first-order valence-electron chi connectivity index (χ1n) is 9.04. The number of hydrogen-bond acceptors (Lipinski definition) is 4. The van der Waals surface area contributed by atoms with E-state index in [9.17, 15) is 13.2 Å². The lowest BCUT2D eigenvalue weighted by atomic mass is 10.0. The van der Waals surface area contributed by atoms with Gasteiger partial charge in [0.25, 0.3) is 0 Å². The van der Waals surface area contributed by atoms with Gasteiger partial charge in [0.05, 0.1) is 4.90 Å². The Kier molecular flexibility index (Phi) is 5.76. The molecule has 7 heteroatoms. The number of carbonyl (C=O) groups is 1. The quantitative estimate of drug-likeness (QED) is 0.763. The molecular formula is C18H27N3O3S. The molecule has 1 saturated heterocycles. The molecule has 1 aromatic rings. The molecule has 0 bridgehead atoms. The van der Waals surface area contributed by atoms with Crippen molar-refractivity contribution >= 4 is 15.9 Å². The molecule has 1 aromatic carbocycles. The van der Waals surface area contributed by atoms with Crippen molar-refractivity contribution in [1.82, 2.24) is 14.9 Å². The van der Waals surface area contributed by atoms with E-state index in [0.717, 1.165) is 44.3 Å². The van der Waals surface area contributed by atoms with Gasteiger partial charge in [-0.15, -0.1) is 0 Å². The second-order valence-corrected chi connectivity index (χ2v) is 8.70. The number of nitrogens with one attached hydrogen (secondary N) is 2. The van der Waals surface area contributed by atoms with Gasteiger partial charge >= 0.3 is 0 Å². The molecule has 0 radical (unpaired) electrons. The van der Waals surface area contributed by atoms with Crippen molar-refractivity contribution in [1.29, 1.82) is 0 Å². The van der Waals surface area contributed by atoms with Crippen molar-refractivity contribution in [3.63, 3.8) is 0 Å². The molecule has 1 aliphatic carbocycles. The molecule has 0 atom stereocenters. The van der Waals surface area contributed by atoms with Gasteiger partial charge in [0.15, 0.2) is 0 Å². The second-order valence-electron chi connectivity index (χ2n) is 6.98. The number of piperidine rings is 1. The van der Waals surface area contributed by atoms with Crippen LogP contribution in [0, 0.1) is 0 Å². The maximum Gasteiger partial charge on any atom is 0.240 e. The molecule has 1 saturated carbocycles. The van der Waals surface area contributed by atoms with E-state index >= 15 is 0 Å². The molecule has 25 heavy (non-hydrogen) atoms. The summed E-state index contributed by atoms with van der Waals surface area (Å²) in [5, 5.41) is 3.26. The van der Waals surface area contributed by atoms with Gasteiger partial charge in [0, 0.05) is 31.6 Å². The summed E-state index contributed by atoms with van der Waals surface area (Å²) >= 11 is 0. The number of carbonyl (C=O) groups excluding carboxylic acids is 1. The minimum atomic E-state index is -3.40. The Labute approximate surface area is 150 Å². The molecule has 2 N–H and O–H groups in total. The van der Waals surface area contributed by atoms with Crippen molar-refractivity contribution in [2.24, 2.45) is 0 Å². The van der Waals surface area contributed by atoms with Crippen LogP contribution in [0.2, 0.25) is 0 Å². The fourth-order valence-electron chi connectivity index (χ4n) is 3.15. The molecule has 3 rings (SSSR count). The summed E-state index contributed by atoms with van der Waals surface area (Å²) in [4.78, 5) is 14.6. The van der Waals surface area contributed by atoms with Gasteiger partial charge in [-0.3, -0.25) is 4.79 Å². The maximum atomic E-state index is 12.3. The highest BCUT2D eigenvalue weighted by molar-refractivity contribution is 7.89. The van der Waals surface area contributed by atoms with Crippen LogP contribution < -0.4 is 10.0 Å². The molecule has 0 aromatic heterocycles. The number of sulfonamides is 1. The Bertz CT molecular complexity index is 691. The van der Waals surface area contributed by atoms with E-state index in [2.05, 4.69) is 10.0 Å². The van der Waals surface area contributed by atoms with Gasteiger partial charge in [-0.1, -0.05) is 12.1 Å².